The van der Waals surface area contributed by atoms with E-state index in [1.807, 2.05) is 18.2 Å². The molecule has 4 heteroatoms. The molecule has 1 amide bonds. The summed E-state index contributed by atoms with van der Waals surface area (Å²) in [5.74, 6) is 0.528. The first-order valence-corrected chi connectivity index (χ1v) is 6.35. The molecule has 0 unspecified atom stereocenters. The maximum Gasteiger partial charge on any atom is 0.251 e. The predicted molar refractivity (Wildman–Crippen MR) is 76.7 cm³/mol. The Kier molecular flexibility index (Phi) is 4.74. The number of methoxy groups -OCH3 is 1. The van der Waals surface area contributed by atoms with Crippen molar-refractivity contribution in [2.24, 2.45) is 0 Å². The molecule has 0 aromatic heterocycles. The third-order valence-electron chi connectivity index (χ3n) is 3.04. The molecule has 104 valence electrons. The highest BCUT2D eigenvalue weighted by atomic mass is 16.5. The molecule has 0 aliphatic rings. The minimum atomic E-state index is -0.436. The van der Waals surface area contributed by atoms with Crippen LogP contribution in [-0.2, 0) is 0 Å². The Hall–Kier alpha value is -2.33. The molecule has 2 aromatic rings. The number of carbonyl (C=O) groups excluding carboxylic acids is 1. The summed E-state index contributed by atoms with van der Waals surface area (Å²) in [7, 11) is 1.59. The summed E-state index contributed by atoms with van der Waals surface area (Å²) in [6, 6.07) is 15.7. The van der Waals surface area contributed by atoms with Crippen LogP contribution in [0.3, 0.4) is 0 Å². The molecule has 1 atom stereocenters. The molecule has 0 spiro atoms. The van der Waals surface area contributed by atoms with Gasteiger partial charge in [0.05, 0.1) is 19.8 Å². The molecular formula is C16H17NO3. The van der Waals surface area contributed by atoms with Crippen LogP contribution in [0.1, 0.15) is 22.0 Å². The second-order valence-corrected chi connectivity index (χ2v) is 4.35. The lowest BCUT2D eigenvalue weighted by Gasteiger charge is -2.17. The van der Waals surface area contributed by atoms with Crippen LogP contribution in [0.25, 0.3) is 0 Å². The van der Waals surface area contributed by atoms with Gasteiger partial charge in [0.1, 0.15) is 5.75 Å². The normalized spacial score (nSPS) is 11.7. The number of benzene rings is 2. The van der Waals surface area contributed by atoms with Gasteiger partial charge in [0.25, 0.3) is 5.91 Å². The van der Waals surface area contributed by atoms with E-state index < -0.39 is 6.04 Å². The summed E-state index contributed by atoms with van der Waals surface area (Å²) in [5.41, 5.74) is 1.40. The van der Waals surface area contributed by atoms with E-state index in [0.29, 0.717) is 5.56 Å². The summed E-state index contributed by atoms with van der Waals surface area (Å²) < 4.78 is 5.08. The fraction of sp³-hybridized carbons (Fsp3) is 0.188. The highest BCUT2D eigenvalue weighted by molar-refractivity contribution is 5.94. The van der Waals surface area contributed by atoms with Crippen LogP contribution in [0.2, 0.25) is 0 Å². The first-order chi connectivity index (χ1) is 9.74. The molecule has 4 nitrogen and oxygen atoms in total. The highest BCUT2D eigenvalue weighted by Crippen LogP contribution is 2.17. The van der Waals surface area contributed by atoms with E-state index in [1.54, 1.807) is 43.5 Å². The van der Waals surface area contributed by atoms with E-state index >= 15 is 0 Å². The van der Waals surface area contributed by atoms with E-state index in [-0.39, 0.29) is 12.5 Å². The number of ether oxygens (including phenoxy) is 1. The molecule has 2 N–H and O–H groups in total. The van der Waals surface area contributed by atoms with E-state index in [1.165, 1.54) is 0 Å². The predicted octanol–water partition coefficient (Wildman–Crippen LogP) is 2.16. The standard InChI is InChI=1S/C16H17NO3/c1-20-14-9-7-12(8-10-14)15(11-18)17-16(19)13-5-3-2-4-6-13/h2-10,15,18H,11H2,1H3,(H,17,19)/t15-/m0/s1. The van der Waals surface area contributed by atoms with Crippen LogP contribution < -0.4 is 10.1 Å². The molecule has 0 aliphatic carbocycles. The number of aliphatic hydroxyl groups is 1. The summed E-state index contributed by atoms with van der Waals surface area (Å²) in [4.78, 5) is 12.1. The van der Waals surface area contributed by atoms with Crippen LogP contribution >= 0.6 is 0 Å². The maximum atomic E-state index is 12.1. The third kappa shape index (κ3) is 3.36. The zero-order chi connectivity index (χ0) is 14.4. The molecular weight excluding hydrogens is 254 g/mol. The Morgan fingerprint density at radius 2 is 1.80 bits per heavy atom. The number of hydrogen-bond acceptors (Lipinski definition) is 3. The lowest BCUT2D eigenvalue weighted by atomic mass is 10.1. The summed E-state index contributed by atoms with van der Waals surface area (Å²) >= 11 is 0. The minimum Gasteiger partial charge on any atom is -0.497 e. The monoisotopic (exact) mass is 271 g/mol. The molecule has 0 radical (unpaired) electrons. The Balaban J connectivity index is 2.10. The van der Waals surface area contributed by atoms with Gasteiger partial charge in [0.2, 0.25) is 0 Å². The number of amides is 1. The molecule has 2 rings (SSSR count). The lowest BCUT2D eigenvalue weighted by molar-refractivity contribution is 0.0916. The van der Waals surface area contributed by atoms with Gasteiger partial charge in [-0.05, 0) is 29.8 Å². The van der Waals surface area contributed by atoms with Crippen molar-refractivity contribution in [3.63, 3.8) is 0 Å². The minimum absolute atomic E-state index is 0.162. The largest absolute Gasteiger partial charge is 0.497 e. The van der Waals surface area contributed by atoms with Crippen LogP contribution in [0, 0.1) is 0 Å². The average molecular weight is 271 g/mol. The molecule has 0 saturated heterocycles. The molecule has 0 bridgehead atoms. The molecule has 2 aromatic carbocycles. The second kappa shape index (κ2) is 6.73. The van der Waals surface area contributed by atoms with E-state index in [4.69, 9.17) is 4.74 Å². The lowest BCUT2D eigenvalue weighted by Crippen LogP contribution is -2.30. The number of nitrogens with one attached hydrogen (secondary N) is 1. The number of aliphatic hydroxyl groups excluding tert-OH is 1. The number of hydrogen-bond donors (Lipinski definition) is 2. The molecule has 0 fully saturated rings. The summed E-state index contributed by atoms with van der Waals surface area (Å²) in [6.07, 6.45) is 0. The van der Waals surface area contributed by atoms with Gasteiger partial charge in [0.15, 0.2) is 0 Å². The maximum absolute atomic E-state index is 12.1. The van der Waals surface area contributed by atoms with Gasteiger partial charge >= 0.3 is 0 Å². The zero-order valence-corrected chi connectivity index (χ0v) is 11.2. The van der Waals surface area contributed by atoms with Crippen molar-refractivity contribution in [2.75, 3.05) is 13.7 Å². The van der Waals surface area contributed by atoms with Gasteiger partial charge in [-0.1, -0.05) is 30.3 Å². The SMILES string of the molecule is COc1ccc([C@H](CO)NC(=O)c2ccccc2)cc1. The molecule has 0 saturated carbocycles. The van der Waals surface area contributed by atoms with Crippen molar-refractivity contribution in [1.82, 2.24) is 5.32 Å². The summed E-state index contributed by atoms with van der Waals surface area (Å²) in [6.45, 7) is -0.162. The molecule has 20 heavy (non-hydrogen) atoms. The molecule has 0 heterocycles. The first kappa shape index (κ1) is 14.1. The smallest absolute Gasteiger partial charge is 0.251 e. The van der Waals surface area contributed by atoms with Gasteiger partial charge in [0, 0.05) is 5.56 Å². The summed E-state index contributed by atoms with van der Waals surface area (Å²) in [5, 5.41) is 12.3. The Bertz CT molecular complexity index is 552. The van der Waals surface area contributed by atoms with E-state index in [9.17, 15) is 9.90 Å². The van der Waals surface area contributed by atoms with Crippen molar-refractivity contribution in [3.8, 4) is 5.75 Å². The highest BCUT2D eigenvalue weighted by Gasteiger charge is 2.14. The van der Waals surface area contributed by atoms with Gasteiger partial charge in [-0.25, -0.2) is 0 Å². The quantitative estimate of drug-likeness (QED) is 0.876. The number of carbonyl (C=O) groups is 1. The first-order valence-electron chi connectivity index (χ1n) is 6.35. The van der Waals surface area contributed by atoms with Crippen LogP contribution in [-0.4, -0.2) is 24.7 Å². The average Bonchev–Trinajstić information content (AvgIpc) is 2.53. The fourth-order valence-corrected chi connectivity index (χ4v) is 1.90. The van der Waals surface area contributed by atoms with Gasteiger partial charge in [-0.15, -0.1) is 0 Å². The number of rotatable bonds is 5. The third-order valence-corrected chi connectivity index (χ3v) is 3.04. The van der Waals surface area contributed by atoms with Gasteiger partial charge in [-0.3, -0.25) is 4.79 Å². The van der Waals surface area contributed by atoms with Crippen molar-refractivity contribution in [2.45, 2.75) is 6.04 Å². The topological polar surface area (TPSA) is 58.6 Å². The second-order valence-electron chi connectivity index (χ2n) is 4.35. The zero-order valence-electron chi connectivity index (χ0n) is 11.2. The van der Waals surface area contributed by atoms with Crippen molar-refractivity contribution < 1.29 is 14.6 Å². The van der Waals surface area contributed by atoms with Crippen molar-refractivity contribution in [3.05, 3.63) is 65.7 Å². The van der Waals surface area contributed by atoms with Crippen LogP contribution in [0.4, 0.5) is 0 Å². The van der Waals surface area contributed by atoms with Gasteiger partial charge in [-0.2, -0.15) is 0 Å². The van der Waals surface area contributed by atoms with Crippen LogP contribution in [0.5, 0.6) is 5.75 Å². The van der Waals surface area contributed by atoms with E-state index in [2.05, 4.69) is 5.32 Å². The Morgan fingerprint density at radius 1 is 1.15 bits per heavy atom. The Labute approximate surface area is 118 Å². The Morgan fingerprint density at radius 3 is 2.35 bits per heavy atom. The van der Waals surface area contributed by atoms with Crippen LogP contribution in [0.15, 0.2) is 54.6 Å². The van der Waals surface area contributed by atoms with Gasteiger partial charge < -0.3 is 15.2 Å². The van der Waals surface area contributed by atoms with Crippen molar-refractivity contribution >= 4 is 5.91 Å². The van der Waals surface area contributed by atoms with E-state index in [0.717, 1.165) is 11.3 Å². The fourth-order valence-electron chi connectivity index (χ4n) is 1.90. The molecule has 0 aliphatic heterocycles. The van der Waals surface area contributed by atoms with Crippen molar-refractivity contribution in [1.29, 1.82) is 0 Å².